The van der Waals surface area contributed by atoms with Crippen LogP contribution in [-0.2, 0) is 0 Å². The molecule has 0 N–H and O–H groups in total. The van der Waals surface area contributed by atoms with E-state index < -0.39 is 0 Å². The van der Waals surface area contributed by atoms with Crippen LogP contribution in [0.1, 0.15) is 0 Å². The third-order valence-corrected chi connectivity index (χ3v) is 9.78. The SMILES string of the molecule is CN(c1ccccc1)c1ccc(-c2ccc(N(c3ccccc3)c3ccc4c(c3)c3ccc5ccccc5c3n4-c3ccccc3)cc2)cc1. The predicted octanol–water partition coefficient (Wildman–Crippen LogP) is 12.8. The van der Waals surface area contributed by atoms with E-state index in [1.165, 1.54) is 49.4 Å². The summed E-state index contributed by atoms with van der Waals surface area (Å²) in [5, 5.41) is 4.96. The molecule has 9 rings (SSSR count). The van der Waals surface area contributed by atoms with E-state index in [-0.39, 0.29) is 0 Å². The Hall–Kier alpha value is -6.58. The van der Waals surface area contributed by atoms with Crippen molar-refractivity contribution in [1.82, 2.24) is 4.57 Å². The highest BCUT2D eigenvalue weighted by molar-refractivity contribution is 6.19. The topological polar surface area (TPSA) is 11.4 Å². The molecule has 3 nitrogen and oxygen atoms in total. The number of fused-ring (bicyclic) bond motifs is 5. The van der Waals surface area contributed by atoms with E-state index in [0.29, 0.717) is 0 Å². The fourth-order valence-corrected chi connectivity index (χ4v) is 7.26. The van der Waals surface area contributed by atoms with Crippen molar-refractivity contribution < 1.29 is 0 Å². The molecule has 1 aromatic heterocycles. The van der Waals surface area contributed by atoms with Gasteiger partial charge in [-0.05, 0) is 95.4 Å². The van der Waals surface area contributed by atoms with Crippen LogP contribution in [0.4, 0.5) is 28.4 Å². The molecular weight excluding hydrogens is 607 g/mol. The molecule has 0 unspecified atom stereocenters. The minimum atomic E-state index is 1.11. The lowest BCUT2D eigenvalue weighted by Gasteiger charge is -2.26. The molecule has 1 heterocycles. The molecule has 8 aromatic carbocycles. The molecule has 9 aromatic rings. The first-order valence-electron chi connectivity index (χ1n) is 17.1. The number of benzene rings is 8. The summed E-state index contributed by atoms with van der Waals surface area (Å²) in [5.74, 6) is 0. The third-order valence-electron chi connectivity index (χ3n) is 9.78. The van der Waals surface area contributed by atoms with Crippen LogP contribution >= 0.6 is 0 Å². The normalized spacial score (nSPS) is 11.3. The second-order valence-electron chi connectivity index (χ2n) is 12.7. The van der Waals surface area contributed by atoms with Gasteiger partial charge in [0.2, 0.25) is 0 Å². The van der Waals surface area contributed by atoms with Crippen LogP contribution in [0.3, 0.4) is 0 Å². The molecule has 0 atom stereocenters. The maximum atomic E-state index is 2.42. The molecule has 238 valence electrons. The van der Waals surface area contributed by atoms with Crippen molar-refractivity contribution in [2.75, 3.05) is 16.8 Å². The van der Waals surface area contributed by atoms with Gasteiger partial charge in [-0.25, -0.2) is 0 Å². The van der Waals surface area contributed by atoms with Crippen LogP contribution in [0.15, 0.2) is 194 Å². The molecule has 0 radical (unpaired) electrons. The lowest BCUT2D eigenvalue weighted by Crippen LogP contribution is -2.09. The Kier molecular flexibility index (Phi) is 7.37. The van der Waals surface area contributed by atoms with Gasteiger partial charge in [-0.1, -0.05) is 115 Å². The van der Waals surface area contributed by atoms with Crippen LogP contribution in [0.2, 0.25) is 0 Å². The number of hydrogen-bond acceptors (Lipinski definition) is 2. The number of nitrogens with zero attached hydrogens (tertiary/aromatic N) is 3. The number of hydrogen-bond donors (Lipinski definition) is 0. The lowest BCUT2D eigenvalue weighted by atomic mass is 10.0. The highest BCUT2D eigenvalue weighted by Gasteiger charge is 2.19. The second-order valence-corrected chi connectivity index (χ2v) is 12.7. The molecule has 0 amide bonds. The van der Waals surface area contributed by atoms with Gasteiger partial charge in [-0.15, -0.1) is 0 Å². The van der Waals surface area contributed by atoms with Crippen LogP contribution in [0, 0.1) is 0 Å². The van der Waals surface area contributed by atoms with Crippen molar-refractivity contribution in [2.24, 2.45) is 0 Å². The fourth-order valence-electron chi connectivity index (χ4n) is 7.26. The van der Waals surface area contributed by atoms with Gasteiger partial charge in [0.1, 0.15) is 0 Å². The smallest absolute Gasteiger partial charge is 0.0619 e. The minimum Gasteiger partial charge on any atom is -0.345 e. The van der Waals surface area contributed by atoms with Gasteiger partial charge in [0.25, 0.3) is 0 Å². The van der Waals surface area contributed by atoms with E-state index >= 15 is 0 Å². The Balaban J connectivity index is 1.14. The van der Waals surface area contributed by atoms with Gasteiger partial charge >= 0.3 is 0 Å². The molecule has 0 aliphatic carbocycles. The van der Waals surface area contributed by atoms with Crippen LogP contribution < -0.4 is 9.80 Å². The summed E-state index contributed by atoms with van der Waals surface area (Å²) in [5.41, 5.74) is 11.6. The number of anilines is 5. The van der Waals surface area contributed by atoms with E-state index in [4.69, 9.17) is 0 Å². The van der Waals surface area contributed by atoms with Crippen molar-refractivity contribution in [3.8, 4) is 16.8 Å². The first kappa shape index (κ1) is 29.6. The van der Waals surface area contributed by atoms with E-state index in [0.717, 1.165) is 28.4 Å². The summed E-state index contributed by atoms with van der Waals surface area (Å²) in [6.45, 7) is 0. The molecule has 0 bridgehead atoms. The Morgan fingerprint density at radius 1 is 0.380 bits per heavy atom. The molecule has 0 saturated carbocycles. The quantitative estimate of drug-likeness (QED) is 0.172. The summed E-state index contributed by atoms with van der Waals surface area (Å²) in [6, 6.07) is 69.7. The summed E-state index contributed by atoms with van der Waals surface area (Å²) in [4.78, 5) is 4.56. The van der Waals surface area contributed by atoms with Crippen molar-refractivity contribution in [1.29, 1.82) is 0 Å². The highest BCUT2D eigenvalue weighted by atomic mass is 15.1. The zero-order chi connectivity index (χ0) is 33.4. The Bertz CT molecular complexity index is 2570. The van der Waals surface area contributed by atoms with Gasteiger partial charge in [-0.2, -0.15) is 0 Å². The third kappa shape index (κ3) is 5.17. The van der Waals surface area contributed by atoms with Crippen molar-refractivity contribution in [2.45, 2.75) is 0 Å². The molecular formula is C47H35N3. The summed E-state index contributed by atoms with van der Waals surface area (Å²) in [6.07, 6.45) is 0. The monoisotopic (exact) mass is 641 g/mol. The zero-order valence-electron chi connectivity index (χ0n) is 27.8. The zero-order valence-corrected chi connectivity index (χ0v) is 27.8. The van der Waals surface area contributed by atoms with Gasteiger partial charge in [-0.3, -0.25) is 0 Å². The maximum absolute atomic E-state index is 2.42. The van der Waals surface area contributed by atoms with Gasteiger partial charge in [0.15, 0.2) is 0 Å². The maximum Gasteiger partial charge on any atom is 0.0619 e. The van der Waals surface area contributed by atoms with Crippen molar-refractivity contribution in [3.05, 3.63) is 194 Å². The molecule has 0 aliphatic heterocycles. The molecule has 0 aliphatic rings. The van der Waals surface area contributed by atoms with E-state index in [1.54, 1.807) is 0 Å². The molecule has 0 saturated heterocycles. The minimum absolute atomic E-state index is 1.11. The predicted molar refractivity (Wildman–Crippen MR) is 213 cm³/mol. The molecule has 50 heavy (non-hydrogen) atoms. The lowest BCUT2D eigenvalue weighted by molar-refractivity contribution is 1.18. The van der Waals surface area contributed by atoms with Crippen LogP contribution in [-0.4, -0.2) is 11.6 Å². The van der Waals surface area contributed by atoms with Gasteiger partial charge in [0.05, 0.1) is 11.0 Å². The van der Waals surface area contributed by atoms with Crippen molar-refractivity contribution >= 4 is 61.0 Å². The Morgan fingerprint density at radius 2 is 0.900 bits per heavy atom. The summed E-state index contributed by atoms with van der Waals surface area (Å²) in [7, 11) is 2.11. The number of aromatic nitrogens is 1. The van der Waals surface area contributed by atoms with Gasteiger partial charge in [0, 0.05) is 57.3 Å². The fraction of sp³-hybridized carbons (Fsp3) is 0.0213. The summed E-state index contributed by atoms with van der Waals surface area (Å²) < 4.78 is 2.42. The summed E-state index contributed by atoms with van der Waals surface area (Å²) >= 11 is 0. The number of rotatable bonds is 7. The standard InChI is InChI=1S/C47H35N3/c1-48(37-14-5-2-6-15-37)38-26-21-34(22-27-38)35-23-28-41(29-24-35)49(39-16-7-3-8-17-39)42-30-32-46-45(33-42)44-31-25-36-13-11-12-20-43(36)47(44)50(46)40-18-9-4-10-19-40/h2-33H,1H3. The first-order valence-corrected chi connectivity index (χ1v) is 17.1. The van der Waals surface area contributed by atoms with E-state index in [9.17, 15) is 0 Å². The Labute approximate surface area is 292 Å². The largest absolute Gasteiger partial charge is 0.345 e. The van der Waals surface area contributed by atoms with Gasteiger partial charge < -0.3 is 14.4 Å². The van der Waals surface area contributed by atoms with Crippen LogP contribution in [0.25, 0.3) is 49.4 Å². The Morgan fingerprint density at radius 3 is 1.58 bits per heavy atom. The number of para-hydroxylation sites is 3. The molecule has 0 fully saturated rings. The highest BCUT2D eigenvalue weighted by Crippen LogP contribution is 2.42. The molecule has 0 spiro atoms. The van der Waals surface area contributed by atoms with Crippen molar-refractivity contribution in [3.63, 3.8) is 0 Å². The first-order chi connectivity index (χ1) is 24.7. The second kappa shape index (κ2) is 12.5. The van der Waals surface area contributed by atoms with E-state index in [2.05, 4.69) is 209 Å². The average molecular weight is 642 g/mol. The van der Waals surface area contributed by atoms with E-state index in [1.807, 2.05) is 6.07 Å². The average Bonchev–Trinajstić information content (AvgIpc) is 3.53. The molecule has 3 heteroatoms. The van der Waals surface area contributed by atoms with Crippen LogP contribution in [0.5, 0.6) is 0 Å².